The van der Waals surface area contributed by atoms with E-state index in [1.54, 1.807) is 30.3 Å². The molecule has 0 aromatic heterocycles. The molecule has 0 fully saturated rings. The molecule has 32 heavy (non-hydrogen) atoms. The van der Waals surface area contributed by atoms with Crippen LogP contribution in [0.25, 0.3) is 11.6 Å². The summed E-state index contributed by atoms with van der Waals surface area (Å²) < 4.78 is 23.7. The van der Waals surface area contributed by atoms with E-state index in [9.17, 15) is 14.3 Å². The number of hydrogen-bond acceptors (Lipinski definition) is 5. The number of hydrogen-bond donors (Lipinski definition) is 2. The minimum Gasteiger partial charge on any atom is -0.491 e. The van der Waals surface area contributed by atoms with E-state index >= 15 is 0 Å². The molecule has 0 radical (unpaired) electrons. The maximum Gasteiger partial charge on any atom is 0.338 e. The maximum absolute atomic E-state index is 13.2. The molecule has 1 atom stereocenters. The summed E-state index contributed by atoms with van der Waals surface area (Å²) in [6.07, 6.45) is 1.02. The van der Waals surface area contributed by atoms with E-state index in [0.29, 0.717) is 30.0 Å². The van der Waals surface area contributed by atoms with E-state index in [-0.39, 0.29) is 12.4 Å². The number of carbonyl (C=O) groups excluding carboxylic acids is 1. The van der Waals surface area contributed by atoms with Crippen LogP contribution < -0.4 is 10.1 Å². The Hall–Kier alpha value is -3.48. The van der Waals surface area contributed by atoms with Crippen LogP contribution in [0.3, 0.4) is 0 Å². The van der Waals surface area contributed by atoms with Crippen molar-refractivity contribution in [1.29, 1.82) is 0 Å². The Bertz CT molecular complexity index is 1020. The van der Waals surface area contributed by atoms with Gasteiger partial charge in [-0.25, -0.2) is 9.18 Å². The van der Waals surface area contributed by atoms with Crippen LogP contribution in [0.15, 0.2) is 78.9 Å². The molecule has 0 aliphatic heterocycles. The molecule has 3 rings (SSSR count). The minimum absolute atomic E-state index is 0.153. The summed E-state index contributed by atoms with van der Waals surface area (Å²) in [5.41, 5.74) is 2.79. The second-order valence-corrected chi connectivity index (χ2v) is 7.21. The molecule has 5 nitrogen and oxygen atoms in total. The fourth-order valence-corrected chi connectivity index (χ4v) is 3.06. The predicted molar refractivity (Wildman–Crippen MR) is 122 cm³/mol. The molecule has 3 aromatic rings. The third-order valence-electron chi connectivity index (χ3n) is 4.75. The van der Waals surface area contributed by atoms with E-state index in [1.165, 1.54) is 31.4 Å². The quantitative estimate of drug-likeness (QED) is 0.286. The number of benzene rings is 3. The van der Waals surface area contributed by atoms with Gasteiger partial charge in [-0.2, -0.15) is 0 Å². The molecule has 0 saturated carbocycles. The van der Waals surface area contributed by atoms with E-state index in [2.05, 4.69) is 5.32 Å². The highest BCUT2D eigenvalue weighted by Gasteiger charge is 2.13. The lowest BCUT2D eigenvalue weighted by Crippen LogP contribution is -2.31. The number of carbonyl (C=O) groups is 1. The van der Waals surface area contributed by atoms with Crippen molar-refractivity contribution in [1.82, 2.24) is 5.32 Å². The normalized spacial score (nSPS) is 12.3. The van der Waals surface area contributed by atoms with Gasteiger partial charge in [0.05, 0.1) is 12.7 Å². The van der Waals surface area contributed by atoms with Crippen molar-refractivity contribution in [3.63, 3.8) is 0 Å². The zero-order valence-electron chi connectivity index (χ0n) is 17.8. The van der Waals surface area contributed by atoms with Crippen molar-refractivity contribution in [2.75, 3.05) is 20.3 Å². The summed E-state index contributed by atoms with van der Waals surface area (Å²) in [7, 11) is 1.30. The number of methoxy groups -OCH3 is 1. The number of esters is 1. The molecule has 0 amide bonds. The van der Waals surface area contributed by atoms with E-state index in [0.717, 1.165) is 11.1 Å². The molecule has 2 N–H and O–H groups in total. The first-order valence-electron chi connectivity index (χ1n) is 10.3. The third-order valence-corrected chi connectivity index (χ3v) is 4.75. The van der Waals surface area contributed by atoms with Crippen molar-refractivity contribution < 1.29 is 23.8 Å². The first-order valence-corrected chi connectivity index (χ1v) is 10.3. The highest BCUT2D eigenvalue weighted by molar-refractivity contribution is 6.21. The van der Waals surface area contributed by atoms with Crippen molar-refractivity contribution in [3.8, 4) is 5.75 Å². The van der Waals surface area contributed by atoms with Gasteiger partial charge in [0, 0.05) is 13.1 Å². The van der Waals surface area contributed by atoms with Gasteiger partial charge in [0.2, 0.25) is 0 Å². The Morgan fingerprint density at radius 2 is 1.72 bits per heavy atom. The molecule has 166 valence electrons. The number of ether oxygens (including phenoxy) is 2. The third kappa shape index (κ3) is 7.04. The summed E-state index contributed by atoms with van der Waals surface area (Å²) in [5.74, 6) is -0.286. The monoisotopic (exact) mass is 435 g/mol. The fourth-order valence-electron chi connectivity index (χ4n) is 3.06. The highest BCUT2D eigenvalue weighted by Crippen LogP contribution is 2.22. The Morgan fingerprint density at radius 1 is 1.03 bits per heavy atom. The zero-order chi connectivity index (χ0) is 22.8. The summed E-state index contributed by atoms with van der Waals surface area (Å²) in [6, 6.07) is 22.7. The van der Waals surface area contributed by atoms with Crippen molar-refractivity contribution in [3.05, 3.63) is 101 Å². The summed E-state index contributed by atoms with van der Waals surface area (Å²) in [4.78, 5) is 12.2. The van der Waals surface area contributed by atoms with E-state index < -0.39 is 12.1 Å². The molecule has 0 bridgehead atoms. The van der Waals surface area contributed by atoms with Crippen LogP contribution >= 0.6 is 0 Å². The van der Waals surface area contributed by atoms with Crippen LogP contribution in [0.5, 0.6) is 5.75 Å². The largest absolute Gasteiger partial charge is 0.491 e. The lowest BCUT2D eigenvalue weighted by Gasteiger charge is -2.13. The number of aliphatic hydroxyl groups is 1. The van der Waals surface area contributed by atoms with Crippen molar-refractivity contribution in [2.24, 2.45) is 0 Å². The number of aliphatic hydroxyl groups excluding tert-OH is 1. The standard InChI is InChI=1S/C26H26FNO4/c1-31-26(30)25(21-9-11-22(27)12-10-21)15-19-7-13-24(14-8-19)32-18-23(29)17-28-16-20-5-3-2-4-6-20/h2-15,23,28-29H,16-18H2,1H3. The summed E-state index contributed by atoms with van der Waals surface area (Å²) in [6.45, 7) is 1.24. The number of nitrogens with one attached hydrogen (secondary N) is 1. The Morgan fingerprint density at radius 3 is 2.38 bits per heavy atom. The molecule has 0 saturated heterocycles. The first kappa shape index (κ1) is 23.2. The Balaban J connectivity index is 1.55. The molecule has 6 heteroatoms. The van der Waals surface area contributed by atoms with Crippen LogP contribution in [0.4, 0.5) is 4.39 Å². The molecule has 0 spiro atoms. The average molecular weight is 435 g/mol. The topological polar surface area (TPSA) is 67.8 Å². The van der Waals surface area contributed by atoms with Gasteiger partial charge in [-0.15, -0.1) is 0 Å². The SMILES string of the molecule is COC(=O)C(=Cc1ccc(OCC(O)CNCc2ccccc2)cc1)c1ccc(F)cc1. The highest BCUT2D eigenvalue weighted by atomic mass is 19.1. The Kier molecular flexibility index (Phi) is 8.54. The van der Waals surface area contributed by atoms with Crippen LogP contribution in [0, 0.1) is 5.82 Å². The number of halogens is 1. The smallest absolute Gasteiger partial charge is 0.338 e. The van der Waals surface area contributed by atoms with Gasteiger partial charge in [0.25, 0.3) is 0 Å². The van der Waals surface area contributed by atoms with Gasteiger partial charge < -0.3 is 19.9 Å². The molecule has 3 aromatic carbocycles. The molecule has 0 aliphatic rings. The second kappa shape index (κ2) is 11.8. The number of rotatable bonds is 10. The van der Waals surface area contributed by atoms with Gasteiger partial charge >= 0.3 is 5.97 Å². The van der Waals surface area contributed by atoms with Crippen molar-refractivity contribution >= 4 is 17.6 Å². The first-order chi connectivity index (χ1) is 15.5. The second-order valence-electron chi connectivity index (χ2n) is 7.21. The zero-order valence-corrected chi connectivity index (χ0v) is 17.8. The molecular formula is C26H26FNO4. The van der Waals surface area contributed by atoms with Crippen LogP contribution in [-0.4, -0.2) is 37.4 Å². The average Bonchev–Trinajstić information content (AvgIpc) is 2.83. The molecule has 0 aliphatic carbocycles. The van der Waals surface area contributed by atoms with E-state index in [1.807, 2.05) is 30.3 Å². The minimum atomic E-state index is -0.650. The van der Waals surface area contributed by atoms with Gasteiger partial charge in [-0.1, -0.05) is 54.6 Å². The van der Waals surface area contributed by atoms with Gasteiger partial charge in [0.1, 0.15) is 24.3 Å². The van der Waals surface area contributed by atoms with Crippen molar-refractivity contribution in [2.45, 2.75) is 12.6 Å². The Labute approximate surface area is 187 Å². The lowest BCUT2D eigenvalue weighted by atomic mass is 10.0. The van der Waals surface area contributed by atoms with Crippen LogP contribution in [-0.2, 0) is 16.1 Å². The predicted octanol–water partition coefficient (Wildman–Crippen LogP) is 4.07. The summed E-state index contributed by atoms with van der Waals surface area (Å²) in [5, 5.41) is 13.3. The van der Waals surface area contributed by atoms with Crippen LogP contribution in [0.2, 0.25) is 0 Å². The summed E-state index contributed by atoms with van der Waals surface area (Å²) >= 11 is 0. The van der Waals surface area contributed by atoms with E-state index in [4.69, 9.17) is 9.47 Å². The maximum atomic E-state index is 13.2. The fraction of sp³-hybridized carbons (Fsp3) is 0.192. The lowest BCUT2D eigenvalue weighted by molar-refractivity contribution is -0.133. The van der Waals surface area contributed by atoms with Gasteiger partial charge in [0.15, 0.2) is 0 Å². The van der Waals surface area contributed by atoms with Gasteiger partial charge in [-0.05, 0) is 47.0 Å². The van der Waals surface area contributed by atoms with Gasteiger partial charge in [-0.3, -0.25) is 0 Å². The molecule has 0 heterocycles. The van der Waals surface area contributed by atoms with Crippen LogP contribution in [0.1, 0.15) is 16.7 Å². The molecule has 1 unspecified atom stereocenters. The molecular weight excluding hydrogens is 409 g/mol.